The molecule has 0 saturated heterocycles. The van der Waals surface area contributed by atoms with Gasteiger partial charge in [-0.1, -0.05) is 31.5 Å². The molecule has 0 atom stereocenters. The number of hydrogen-bond acceptors (Lipinski definition) is 3. The third-order valence-electron chi connectivity index (χ3n) is 2.72. The van der Waals surface area contributed by atoms with Crippen molar-refractivity contribution in [2.75, 3.05) is 20.6 Å². The predicted molar refractivity (Wildman–Crippen MR) is 78.9 cm³/mol. The zero-order valence-electron chi connectivity index (χ0n) is 11.8. The van der Waals surface area contributed by atoms with Crippen molar-refractivity contribution in [2.45, 2.75) is 25.3 Å². The van der Waals surface area contributed by atoms with E-state index in [-0.39, 0.29) is 10.8 Å². The van der Waals surface area contributed by atoms with E-state index in [0.29, 0.717) is 18.1 Å². The number of hydrogen-bond donors (Lipinski definition) is 1. The minimum absolute atomic E-state index is 0.237. The molecule has 0 aliphatic rings. The van der Waals surface area contributed by atoms with E-state index in [4.69, 9.17) is 11.6 Å². The quantitative estimate of drug-likeness (QED) is 0.877. The Morgan fingerprint density at radius 3 is 2.47 bits per heavy atom. The summed E-state index contributed by atoms with van der Waals surface area (Å²) in [6, 6.07) is 4.86. The molecule has 0 saturated carbocycles. The SMILES string of the molecule is CNCc1ccc(S(=O)(=O)N(C)CC(C)C)cc1Cl. The van der Waals surface area contributed by atoms with Crippen LogP contribution in [-0.2, 0) is 16.6 Å². The van der Waals surface area contributed by atoms with Crippen molar-refractivity contribution in [2.24, 2.45) is 5.92 Å². The molecule has 1 rings (SSSR count). The number of rotatable bonds is 6. The minimum Gasteiger partial charge on any atom is -0.316 e. The molecule has 0 unspecified atom stereocenters. The van der Waals surface area contributed by atoms with Crippen molar-refractivity contribution < 1.29 is 8.42 Å². The molecule has 1 N–H and O–H groups in total. The Bertz CT molecular complexity index is 529. The van der Waals surface area contributed by atoms with Gasteiger partial charge in [0, 0.05) is 25.2 Å². The largest absolute Gasteiger partial charge is 0.316 e. The van der Waals surface area contributed by atoms with Gasteiger partial charge in [0.15, 0.2) is 0 Å². The fourth-order valence-electron chi connectivity index (χ4n) is 1.81. The predicted octanol–water partition coefficient (Wildman–Crippen LogP) is 2.34. The first-order valence-corrected chi connectivity index (χ1v) is 8.00. The molecule has 0 aliphatic heterocycles. The lowest BCUT2D eigenvalue weighted by Gasteiger charge is -2.19. The first-order valence-electron chi connectivity index (χ1n) is 6.18. The van der Waals surface area contributed by atoms with Crippen molar-refractivity contribution >= 4 is 21.6 Å². The number of nitrogens with one attached hydrogen (secondary N) is 1. The minimum atomic E-state index is -3.46. The van der Waals surface area contributed by atoms with Gasteiger partial charge in [0.05, 0.1) is 4.90 Å². The summed E-state index contributed by atoms with van der Waals surface area (Å²) in [5.41, 5.74) is 0.884. The molecule has 1 aromatic carbocycles. The van der Waals surface area contributed by atoms with E-state index < -0.39 is 10.0 Å². The van der Waals surface area contributed by atoms with E-state index in [9.17, 15) is 8.42 Å². The highest BCUT2D eigenvalue weighted by Crippen LogP contribution is 2.23. The number of benzene rings is 1. The molecule has 0 aliphatic carbocycles. The topological polar surface area (TPSA) is 49.4 Å². The highest BCUT2D eigenvalue weighted by atomic mass is 35.5. The van der Waals surface area contributed by atoms with Crippen LogP contribution >= 0.6 is 11.6 Å². The molecule has 0 spiro atoms. The van der Waals surface area contributed by atoms with Crippen LogP contribution in [0.2, 0.25) is 5.02 Å². The number of halogens is 1. The molecule has 0 heterocycles. The van der Waals surface area contributed by atoms with Gasteiger partial charge < -0.3 is 5.32 Å². The molecular weight excluding hydrogens is 284 g/mol. The summed E-state index contributed by atoms with van der Waals surface area (Å²) in [7, 11) is -0.0549. The lowest BCUT2D eigenvalue weighted by molar-refractivity contribution is 0.417. The van der Waals surface area contributed by atoms with E-state index in [2.05, 4.69) is 5.32 Å². The summed E-state index contributed by atoms with van der Waals surface area (Å²) in [6.45, 7) is 5.06. The summed E-state index contributed by atoms with van der Waals surface area (Å²) in [5.74, 6) is 0.277. The second kappa shape index (κ2) is 6.70. The zero-order valence-corrected chi connectivity index (χ0v) is 13.3. The van der Waals surface area contributed by atoms with Crippen LogP contribution in [0, 0.1) is 5.92 Å². The van der Waals surface area contributed by atoms with Crippen LogP contribution in [0.4, 0.5) is 0 Å². The zero-order chi connectivity index (χ0) is 14.6. The molecule has 19 heavy (non-hydrogen) atoms. The summed E-state index contributed by atoms with van der Waals surface area (Å²) >= 11 is 6.10. The normalized spacial score (nSPS) is 12.4. The Morgan fingerprint density at radius 2 is 2.00 bits per heavy atom. The smallest absolute Gasteiger partial charge is 0.242 e. The fraction of sp³-hybridized carbons (Fsp3) is 0.538. The molecule has 6 heteroatoms. The highest BCUT2D eigenvalue weighted by Gasteiger charge is 2.22. The van der Waals surface area contributed by atoms with E-state index >= 15 is 0 Å². The monoisotopic (exact) mass is 304 g/mol. The van der Waals surface area contributed by atoms with E-state index in [1.54, 1.807) is 19.2 Å². The van der Waals surface area contributed by atoms with Gasteiger partial charge in [-0.25, -0.2) is 12.7 Å². The van der Waals surface area contributed by atoms with Crippen molar-refractivity contribution in [3.05, 3.63) is 28.8 Å². The second-order valence-electron chi connectivity index (χ2n) is 4.96. The highest BCUT2D eigenvalue weighted by molar-refractivity contribution is 7.89. The molecule has 108 valence electrons. The average Bonchev–Trinajstić information content (AvgIpc) is 2.31. The maximum atomic E-state index is 12.3. The van der Waals surface area contributed by atoms with Crippen molar-refractivity contribution in [1.82, 2.24) is 9.62 Å². The Morgan fingerprint density at radius 1 is 1.37 bits per heavy atom. The van der Waals surface area contributed by atoms with Crippen LogP contribution in [0.25, 0.3) is 0 Å². The third-order valence-corrected chi connectivity index (χ3v) is 4.89. The van der Waals surface area contributed by atoms with Gasteiger partial charge in [-0.15, -0.1) is 0 Å². The van der Waals surface area contributed by atoms with Gasteiger partial charge in [-0.05, 0) is 30.7 Å². The molecule has 0 fully saturated rings. The Kier molecular flexibility index (Phi) is 5.80. The van der Waals surface area contributed by atoms with Gasteiger partial charge in [0.25, 0.3) is 0 Å². The maximum Gasteiger partial charge on any atom is 0.242 e. The number of nitrogens with zero attached hydrogens (tertiary/aromatic N) is 1. The van der Waals surface area contributed by atoms with Crippen molar-refractivity contribution in [3.63, 3.8) is 0 Å². The van der Waals surface area contributed by atoms with E-state index in [1.165, 1.54) is 10.4 Å². The lowest BCUT2D eigenvalue weighted by Crippen LogP contribution is -2.30. The first-order chi connectivity index (χ1) is 8.78. The molecule has 1 aromatic rings. The molecule has 0 bridgehead atoms. The van der Waals surface area contributed by atoms with Gasteiger partial charge in [0.1, 0.15) is 0 Å². The Labute approximate surface area is 120 Å². The van der Waals surface area contributed by atoms with Crippen molar-refractivity contribution in [1.29, 1.82) is 0 Å². The first kappa shape index (κ1) is 16.4. The van der Waals surface area contributed by atoms with Crippen LogP contribution in [0.15, 0.2) is 23.1 Å². The Hall–Kier alpha value is -0.620. The third kappa shape index (κ3) is 4.18. The molecule has 4 nitrogen and oxygen atoms in total. The van der Waals surface area contributed by atoms with Gasteiger partial charge in [-0.3, -0.25) is 0 Å². The van der Waals surface area contributed by atoms with Crippen LogP contribution in [-0.4, -0.2) is 33.4 Å². The fourth-order valence-corrected chi connectivity index (χ4v) is 3.49. The summed E-state index contributed by atoms with van der Waals surface area (Å²) in [6.07, 6.45) is 0. The van der Waals surface area contributed by atoms with E-state index in [0.717, 1.165) is 5.56 Å². The summed E-state index contributed by atoms with van der Waals surface area (Å²) in [5, 5.41) is 3.45. The van der Waals surface area contributed by atoms with Gasteiger partial charge >= 0.3 is 0 Å². The standard InChI is InChI=1S/C13H21ClN2O2S/c1-10(2)9-16(4)19(17,18)12-6-5-11(8-15-3)13(14)7-12/h5-7,10,15H,8-9H2,1-4H3. The Balaban J connectivity index is 3.05. The molecule has 0 amide bonds. The molecule has 0 aromatic heterocycles. The van der Waals surface area contributed by atoms with Crippen LogP contribution < -0.4 is 5.32 Å². The van der Waals surface area contributed by atoms with E-state index in [1.807, 2.05) is 20.9 Å². The van der Waals surface area contributed by atoms with Gasteiger partial charge in [0.2, 0.25) is 10.0 Å². The van der Waals surface area contributed by atoms with Crippen LogP contribution in [0.1, 0.15) is 19.4 Å². The molecule has 0 radical (unpaired) electrons. The van der Waals surface area contributed by atoms with Crippen molar-refractivity contribution in [3.8, 4) is 0 Å². The lowest BCUT2D eigenvalue weighted by atomic mass is 10.2. The number of sulfonamides is 1. The average molecular weight is 305 g/mol. The summed E-state index contributed by atoms with van der Waals surface area (Å²) in [4.78, 5) is 0.237. The second-order valence-corrected chi connectivity index (χ2v) is 7.42. The van der Waals surface area contributed by atoms with Gasteiger partial charge in [-0.2, -0.15) is 0 Å². The molecular formula is C13H21ClN2O2S. The van der Waals surface area contributed by atoms with Crippen LogP contribution in [0.5, 0.6) is 0 Å². The van der Waals surface area contributed by atoms with Crippen LogP contribution in [0.3, 0.4) is 0 Å². The maximum absolute atomic E-state index is 12.3. The summed E-state index contributed by atoms with van der Waals surface area (Å²) < 4.78 is 26.0.